The highest BCUT2D eigenvalue weighted by atomic mass is 16.5. The quantitative estimate of drug-likeness (QED) is 0.737. The highest BCUT2D eigenvalue weighted by molar-refractivity contribution is 5.34. The monoisotopic (exact) mass is 221 g/mol. The van der Waals surface area contributed by atoms with E-state index >= 15 is 0 Å². The topological polar surface area (TPSA) is 35.2 Å². The van der Waals surface area contributed by atoms with Crippen molar-refractivity contribution < 1.29 is 4.74 Å². The molecular weight excluding hydrogens is 198 g/mol. The van der Waals surface area contributed by atoms with Crippen molar-refractivity contribution in [2.75, 3.05) is 0 Å². The summed E-state index contributed by atoms with van der Waals surface area (Å²) in [6.07, 6.45) is 8.01. The third-order valence-corrected chi connectivity index (χ3v) is 3.22. The molecule has 0 aromatic heterocycles. The van der Waals surface area contributed by atoms with Crippen LogP contribution < -0.4 is 5.73 Å². The zero-order valence-corrected chi connectivity index (χ0v) is 10.5. The number of nitrogens with two attached hydrogens (primary N) is 1. The average Bonchev–Trinajstić information content (AvgIpc) is 2.25. The predicted octanol–water partition coefficient (Wildman–Crippen LogP) is 3.31. The molecule has 1 saturated heterocycles. The van der Waals surface area contributed by atoms with Gasteiger partial charge in [-0.25, -0.2) is 0 Å². The van der Waals surface area contributed by atoms with E-state index in [-0.39, 0.29) is 11.6 Å². The highest BCUT2D eigenvalue weighted by Gasteiger charge is 2.45. The smallest absolute Gasteiger partial charge is 0.124 e. The normalized spacial score (nSPS) is 28.8. The van der Waals surface area contributed by atoms with E-state index in [1.165, 1.54) is 6.42 Å². The number of hydrogen-bond acceptors (Lipinski definition) is 2. The van der Waals surface area contributed by atoms with Crippen molar-refractivity contribution in [1.29, 1.82) is 0 Å². The number of hydrogen-bond donors (Lipinski definition) is 1. The summed E-state index contributed by atoms with van der Waals surface area (Å²) in [7, 11) is 0. The van der Waals surface area contributed by atoms with Crippen molar-refractivity contribution >= 4 is 0 Å². The van der Waals surface area contributed by atoms with Gasteiger partial charge in [-0.15, -0.1) is 0 Å². The van der Waals surface area contributed by atoms with E-state index in [1.54, 1.807) is 6.08 Å². The van der Waals surface area contributed by atoms with Gasteiger partial charge in [-0.3, -0.25) is 0 Å². The summed E-state index contributed by atoms with van der Waals surface area (Å²) in [4.78, 5) is 0. The Morgan fingerprint density at radius 2 is 2.06 bits per heavy atom. The van der Waals surface area contributed by atoms with Crippen LogP contribution in [0.1, 0.15) is 39.5 Å². The van der Waals surface area contributed by atoms with Gasteiger partial charge in [0.15, 0.2) is 0 Å². The average molecular weight is 221 g/mol. The maximum atomic E-state index is 6.03. The molecule has 16 heavy (non-hydrogen) atoms. The third-order valence-electron chi connectivity index (χ3n) is 3.22. The molecule has 1 unspecified atom stereocenters. The Balaban J connectivity index is 0.000000606. The van der Waals surface area contributed by atoms with Gasteiger partial charge in [-0.05, 0) is 25.3 Å². The molecule has 0 bridgehead atoms. The summed E-state index contributed by atoms with van der Waals surface area (Å²) >= 11 is 0. The first-order valence-corrected chi connectivity index (χ1v) is 6.13. The first kappa shape index (κ1) is 13.0. The molecule has 1 spiro atoms. The van der Waals surface area contributed by atoms with E-state index in [0.29, 0.717) is 0 Å². The van der Waals surface area contributed by atoms with Crippen molar-refractivity contribution in [3.05, 3.63) is 36.6 Å². The fraction of sp³-hybridized carbons (Fsp3) is 0.571. The Bertz CT molecular complexity index is 300. The van der Waals surface area contributed by atoms with Crippen LogP contribution in [0.15, 0.2) is 36.6 Å². The van der Waals surface area contributed by atoms with Crippen molar-refractivity contribution in [3.8, 4) is 0 Å². The first-order valence-electron chi connectivity index (χ1n) is 6.13. The molecule has 1 heterocycles. The maximum absolute atomic E-state index is 6.03. The molecule has 2 rings (SSSR count). The van der Waals surface area contributed by atoms with Gasteiger partial charge in [0.1, 0.15) is 11.4 Å². The fourth-order valence-electron chi connectivity index (χ4n) is 2.17. The van der Waals surface area contributed by atoms with E-state index < -0.39 is 0 Å². The first-order chi connectivity index (χ1) is 7.67. The van der Waals surface area contributed by atoms with Crippen LogP contribution in [-0.2, 0) is 4.74 Å². The Labute approximate surface area is 98.9 Å². The fourth-order valence-corrected chi connectivity index (χ4v) is 2.17. The molecule has 2 fully saturated rings. The molecule has 0 radical (unpaired) electrons. The molecule has 90 valence electrons. The molecule has 2 nitrogen and oxygen atoms in total. The lowest BCUT2D eigenvalue weighted by atomic mass is 9.73. The van der Waals surface area contributed by atoms with Crippen LogP contribution in [0.2, 0.25) is 0 Å². The molecule has 2 N–H and O–H groups in total. The second-order valence-corrected chi connectivity index (χ2v) is 4.24. The van der Waals surface area contributed by atoms with Crippen molar-refractivity contribution in [2.45, 2.75) is 51.2 Å². The molecule has 1 saturated carbocycles. The number of allylic oxidation sites excluding steroid dienone is 2. The van der Waals surface area contributed by atoms with Crippen LogP contribution in [0.5, 0.6) is 0 Å². The minimum Gasteiger partial charge on any atom is -0.487 e. The molecule has 1 aliphatic heterocycles. The van der Waals surface area contributed by atoms with Gasteiger partial charge in [0.05, 0.1) is 0 Å². The lowest BCUT2D eigenvalue weighted by molar-refractivity contribution is -0.0808. The van der Waals surface area contributed by atoms with Crippen LogP contribution in [0.4, 0.5) is 0 Å². The maximum Gasteiger partial charge on any atom is 0.124 e. The van der Waals surface area contributed by atoms with E-state index in [1.807, 2.05) is 19.9 Å². The summed E-state index contributed by atoms with van der Waals surface area (Å²) < 4.78 is 5.94. The summed E-state index contributed by atoms with van der Waals surface area (Å²) in [6.45, 7) is 11.6. The van der Waals surface area contributed by atoms with Crippen LogP contribution in [0.3, 0.4) is 0 Å². The number of ether oxygens (including phenoxy) is 1. The van der Waals surface area contributed by atoms with Gasteiger partial charge in [0.2, 0.25) is 0 Å². The molecule has 1 atom stereocenters. The van der Waals surface area contributed by atoms with Crippen molar-refractivity contribution in [2.24, 2.45) is 5.73 Å². The zero-order chi connectivity index (χ0) is 12.2. The Kier molecular flexibility index (Phi) is 4.36. The van der Waals surface area contributed by atoms with E-state index in [2.05, 4.69) is 13.2 Å². The van der Waals surface area contributed by atoms with Gasteiger partial charge in [-0.2, -0.15) is 0 Å². The minimum absolute atomic E-state index is 0.0233. The van der Waals surface area contributed by atoms with Gasteiger partial charge >= 0.3 is 0 Å². The van der Waals surface area contributed by atoms with Crippen molar-refractivity contribution in [3.63, 3.8) is 0 Å². The Morgan fingerprint density at radius 3 is 2.50 bits per heavy atom. The number of rotatable bonds is 1. The van der Waals surface area contributed by atoms with E-state index in [0.717, 1.165) is 30.6 Å². The van der Waals surface area contributed by atoms with Crippen molar-refractivity contribution in [1.82, 2.24) is 0 Å². The molecule has 0 aromatic carbocycles. The van der Waals surface area contributed by atoms with Crippen LogP contribution in [0.25, 0.3) is 0 Å². The van der Waals surface area contributed by atoms with Gasteiger partial charge < -0.3 is 10.5 Å². The largest absolute Gasteiger partial charge is 0.487 e. The van der Waals surface area contributed by atoms with E-state index in [4.69, 9.17) is 10.5 Å². The molecule has 0 amide bonds. The predicted molar refractivity (Wildman–Crippen MR) is 69.0 cm³/mol. The van der Waals surface area contributed by atoms with Crippen LogP contribution >= 0.6 is 0 Å². The molecule has 2 aliphatic rings. The molecule has 0 aromatic rings. The molecule has 1 aliphatic carbocycles. The Morgan fingerprint density at radius 1 is 1.44 bits per heavy atom. The second kappa shape index (κ2) is 5.35. The summed E-state index contributed by atoms with van der Waals surface area (Å²) in [5.41, 5.74) is 6.96. The van der Waals surface area contributed by atoms with Crippen LogP contribution in [0, 0.1) is 0 Å². The SMILES string of the molecule is C=C/C=C1/OC2(CCC2)CC(N)C1=C.CC. The molecular formula is C14H23NO. The summed E-state index contributed by atoms with van der Waals surface area (Å²) in [6, 6.07) is 0.0512. The zero-order valence-electron chi connectivity index (χ0n) is 10.5. The Hall–Kier alpha value is -1.02. The lowest BCUT2D eigenvalue weighted by Gasteiger charge is -2.48. The highest BCUT2D eigenvalue weighted by Crippen LogP contribution is 2.46. The summed E-state index contributed by atoms with van der Waals surface area (Å²) in [5, 5.41) is 0. The standard InChI is InChI=1S/C12H17NO.C2H6/c1-3-5-11-9(2)10(13)8-12(14-11)6-4-7-12;1-2/h3,5,10H,1-2,4,6-8,13H2;1-2H3/b11-5+;. The minimum atomic E-state index is 0.0233. The van der Waals surface area contributed by atoms with Gasteiger partial charge in [0.25, 0.3) is 0 Å². The second-order valence-electron chi connectivity index (χ2n) is 4.24. The van der Waals surface area contributed by atoms with Gasteiger partial charge in [-0.1, -0.05) is 33.1 Å². The van der Waals surface area contributed by atoms with Gasteiger partial charge in [0, 0.05) is 18.0 Å². The summed E-state index contributed by atoms with van der Waals surface area (Å²) in [5.74, 6) is 0.832. The molecule has 2 heteroatoms. The third kappa shape index (κ3) is 2.38. The van der Waals surface area contributed by atoms with E-state index in [9.17, 15) is 0 Å². The lowest BCUT2D eigenvalue weighted by Crippen LogP contribution is -2.49. The van der Waals surface area contributed by atoms with Crippen LogP contribution in [-0.4, -0.2) is 11.6 Å².